The van der Waals surface area contributed by atoms with Crippen molar-refractivity contribution in [2.45, 2.75) is 0 Å². The lowest BCUT2D eigenvalue weighted by Gasteiger charge is -1.91. The monoisotopic (exact) mass is 247 g/mol. The number of rotatable bonds is 2. The second kappa shape index (κ2) is 4.22. The number of thiocarbonyl (C=S) groups is 1. The Morgan fingerprint density at radius 2 is 2.50 bits per heavy atom. The van der Waals surface area contributed by atoms with Crippen LogP contribution in [0, 0.1) is 0 Å². The molecule has 0 aliphatic rings. The molecular weight excluding hydrogens is 242 g/mol. The lowest BCUT2D eigenvalue weighted by Crippen LogP contribution is -2.23. The first kappa shape index (κ1) is 9.21. The first-order chi connectivity index (χ1) is 5.68. The lowest BCUT2D eigenvalue weighted by molar-refractivity contribution is 0.534. The summed E-state index contributed by atoms with van der Waals surface area (Å²) in [6, 6.07) is 3.52. The van der Waals surface area contributed by atoms with Crippen molar-refractivity contribution in [3.05, 3.63) is 22.6 Å². The van der Waals surface area contributed by atoms with Crippen LogP contribution in [0.15, 0.2) is 26.3 Å². The average molecular weight is 248 g/mol. The third-order valence-electron chi connectivity index (χ3n) is 0.961. The van der Waals surface area contributed by atoms with Crippen molar-refractivity contribution < 1.29 is 4.42 Å². The summed E-state index contributed by atoms with van der Waals surface area (Å²) in [6.07, 6.45) is 1.48. The first-order valence-electron chi connectivity index (χ1n) is 3.02. The largest absolute Gasteiger partial charge is 0.448 e. The molecule has 0 amide bonds. The summed E-state index contributed by atoms with van der Waals surface area (Å²) in [4.78, 5) is 0. The molecule has 6 heteroatoms. The molecule has 0 aliphatic heterocycles. The van der Waals surface area contributed by atoms with E-state index in [1.807, 2.05) is 0 Å². The summed E-state index contributed by atoms with van der Waals surface area (Å²) in [5, 5.41) is 3.82. The number of hydrazone groups is 1. The fourth-order valence-electron chi connectivity index (χ4n) is 0.557. The quantitative estimate of drug-likeness (QED) is 0.469. The zero-order chi connectivity index (χ0) is 8.97. The highest BCUT2D eigenvalue weighted by atomic mass is 79.9. The molecule has 0 spiro atoms. The molecule has 64 valence electrons. The van der Waals surface area contributed by atoms with Gasteiger partial charge < -0.3 is 10.2 Å². The molecule has 3 N–H and O–H groups in total. The van der Waals surface area contributed by atoms with Gasteiger partial charge in [-0.1, -0.05) is 0 Å². The van der Waals surface area contributed by atoms with E-state index < -0.39 is 0 Å². The molecule has 1 aromatic heterocycles. The van der Waals surface area contributed by atoms with E-state index in [1.165, 1.54) is 6.21 Å². The summed E-state index contributed by atoms with van der Waals surface area (Å²) in [5.74, 6) is 0.616. The summed E-state index contributed by atoms with van der Waals surface area (Å²) in [5.41, 5.74) is 7.54. The Labute approximate surface area is 82.9 Å². The SMILES string of the molecule is NC(=S)N/N=C/c1ccc(Br)o1. The maximum Gasteiger partial charge on any atom is 0.184 e. The standard InChI is InChI=1S/C6H6BrN3OS/c7-5-2-1-4(11-5)3-9-10-6(8)12/h1-3H,(H3,8,10,12)/b9-3+. The van der Waals surface area contributed by atoms with E-state index in [0.717, 1.165) is 0 Å². The van der Waals surface area contributed by atoms with Crippen LogP contribution in [0.3, 0.4) is 0 Å². The van der Waals surface area contributed by atoms with Crippen molar-refractivity contribution in [1.82, 2.24) is 5.43 Å². The normalized spacial score (nSPS) is 10.4. The number of nitrogens with one attached hydrogen (secondary N) is 1. The van der Waals surface area contributed by atoms with E-state index >= 15 is 0 Å². The van der Waals surface area contributed by atoms with Gasteiger partial charge in [0.1, 0.15) is 5.76 Å². The van der Waals surface area contributed by atoms with E-state index in [-0.39, 0.29) is 5.11 Å². The highest BCUT2D eigenvalue weighted by Crippen LogP contribution is 2.11. The van der Waals surface area contributed by atoms with Crippen LogP contribution < -0.4 is 11.2 Å². The molecule has 0 atom stereocenters. The summed E-state index contributed by atoms with van der Waals surface area (Å²) >= 11 is 7.68. The average Bonchev–Trinajstić information content (AvgIpc) is 2.35. The predicted molar refractivity (Wildman–Crippen MR) is 53.9 cm³/mol. The van der Waals surface area contributed by atoms with Gasteiger partial charge in [0.15, 0.2) is 9.78 Å². The van der Waals surface area contributed by atoms with Crippen LogP contribution in [0.2, 0.25) is 0 Å². The van der Waals surface area contributed by atoms with Crippen molar-refractivity contribution in [3.63, 3.8) is 0 Å². The van der Waals surface area contributed by atoms with Gasteiger partial charge in [-0.2, -0.15) is 5.10 Å². The number of halogens is 1. The van der Waals surface area contributed by atoms with Crippen LogP contribution >= 0.6 is 28.1 Å². The van der Waals surface area contributed by atoms with E-state index in [4.69, 9.17) is 10.2 Å². The topological polar surface area (TPSA) is 63.5 Å². The highest BCUT2D eigenvalue weighted by molar-refractivity contribution is 9.10. The van der Waals surface area contributed by atoms with Gasteiger partial charge in [-0.15, -0.1) is 0 Å². The molecule has 1 aromatic rings. The van der Waals surface area contributed by atoms with Crippen molar-refractivity contribution >= 4 is 39.5 Å². The molecule has 0 unspecified atom stereocenters. The van der Waals surface area contributed by atoms with Crippen molar-refractivity contribution in [3.8, 4) is 0 Å². The van der Waals surface area contributed by atoms with Gasteiger partial charge in [-0.05, 0) is 40.3 Å². The smallest absolute Gasteiger partial charge is 0.184 e. The molecule has 0 bridgehead atoms. The summed E-state index contributed by atoms with van der Waals surface area (Å²) in [7, 11) is 0. The summed E-state index contributed by atoms with van der Waals surface area (Å²) < 4.78 is 5.76. The van der Waals surface area contributed by atoms with Crippen LogP contribution in [-0.2, 0) is 0 Å². The molecule has 1 heterocycles. The molecule has 0 fully saturated rings. The first-order valence-corrected chi connectivity index (χ1v) is 4.22. The fourth-order valence-corrected chi connectivity index (χ4v) is 0.929. The van der Waals surface area contributed by atoms with Crippen LogP contribution in [0.25, 0.3) is 0 Å². The molecule has 12 heavy (non-hydrogen) atoms. The maximum absolute atomic E-state index is 5.13. The molecular formula is C6H6BrN3OS. The van der Waals surface area contributed by atoms with Crippen LogP contribution in [0.5, 0.6) is 0 Å². The van der Waals surface area contributed by atoms with Crippen LogP contribution in [-0.4, -0.2) is 11.3 Å². The second-order valence-corrected chi connectivity index (χ2v) is 3.10. The highest BCUT2D eigenvalue weighted by Gasteiger charge is 1.93. The van der Waals surface area contributed by atoms with Gasteiger partial charge in [-0.25, -0.2) is 0 Å². The Balaban J connectivity index is 2.52. The lowest BCUT2D eigenvalue weighted by atomic mass is 10.5. The molecule has 0 saturated heterocycles. The number of nitrogens with zero attached hydrogens (tertiary/aromatic N) is 1. The number of furan rings is 1. The Hall–Kier alpha value is -0.880. The Kier molecular flexibility index (Phi) is 3.24. The Morgan fingerprint density at radius 3 is 3.00 bits per heavy atom. The number of hydrogen-bond donors (Lipinski definition) is 2. The molecule has 0 aromatic carbocycles. The Bertz CT molecular complexity index is 309. The summed E-state index contributed by atoms with van der Waals surface area (Å²) in [6.45, 7) is 0. The van der Waals surface area contributed by atoms with Gasteiger partial charge in [0, 0.05) is 0 Å². The van der Waals surface area contributed by atoms with Crippen LogP contribution in [0.4, 0.5) is 0 Å². The fraction of sp³-hybridized carbons (Fsp3) is 0. The van der Waals surface area contributed by atoms with E-state index in [2.05, 4.69) is 38.7 Å². The van der Waals surface area contributed by atoms with E-state index in [0.29, 0.717) is 10.4 Å². The van der Waals surface area contributed by atoms with Gasteiger partial charge in [0.2, 0.25) is 0 Å². The number of nitrogens with two attached hydrogens (primary N) is 1. The molecule has 0 saturated carbocycles. The molecule has 0 radical (unpaired) electrons. The third kappa shape index (κ3) is 3.02. The van der Waals surface area contributed by atoms with E-state index in [1.54, 1.807) is 12.1 Å². The van der Waals surface area contributed by atoms with Gasteiger partial charge in [-0.3, -0.25) is 5.43 Å². The Morgan fingerprint density at radius 1 is 1.75 bits per heavy atom. The van der Waals surface area contributed by atoms with E-state index in [9.17, 15) is 0 Å². The van der Waals surface area contributed by atoms with Gasteiger partial charge in [0.05, 0.1) is 6.21 Å². The zero-order valence-electron chi connectivity index (χ0n) is 5.95. The predicted octanol–water partition coefficient (Wildman–Crippen LogP) is 1.21. The zero-order valence-corrected chi connectivity index (χ0v) is 8.35. The van der Waals surface area contributed by atoms with Crippen molar-refractivity contribution in [2.75, 3.05) is 0 Å². The maximum atomic E-state index is 5.13. The molecule has 1 rings (SSSR count). The van der Waals surface area contributed by atoms with Crippen molar-refractivity contribution in [1.29, 1.82) is 0 Å². The van der Waals surface area contributed by atoms with Gasteiger partial charge in [0.25, 0.3) is 0 Å². The van der Waals surface area contributed by atoms with Crippen LogP contribution in [0.1, 0.15) is 5.76 Å². The van der Waals surface area contributed by atoms with Crippen molar-refractivity contribution in [2.24, 2.45) is 10.8 Å². The minimum absolute atomic E-state index is 0.122. The molecule has 4 nitrogen and oxygen atoms in total. The third-order valence-corrected chi connectivity index (χ3v) is 1.48. The minimum Gasteiger partial charge on any atom is -0.448 e. The number of hydrogen-bond acceptors (Lipinski definition) is 3. The molecule has 0 aliphatic carbocycles. The van der Waals surface area contributed by atoms with Gasteiger partial charge >= 0.3 is 0 Å². The second-order valence-electron chi connectivity index (χ2n) is 1.88. The minimum atomic E-state index is 0.122.